The Kier molecular flexibility index (Phi) is 3.71. The highest BCUT2D eigenvalue weighted by Gasteiger charge is 2.16. The summed E-state index contributed by atoms with van der Waals surface area (Å²) in [6.07, 6.45) is 1.00. The van der Waals surface area contributed by atoms with Crippen LogP contribution < -0.4 is 10.6 Å². The van der Waals surface area contributed by atoms with E-state index in [4.69, 9.17) is 0 Å². The van der Waals surface area contributed by atoms with Gasteiger partial charge in [-0.1, -0.05) is 12.1 Å². The van der Waals surface area contributed by atoms with Crippen molar-refractivity contribution in [1.82, 2.24) is 10.3 Å². The van der Waals surface area contributed by atoms with Gasteiger partial charge in [0.25, 0.3) is 5.91 Å². The largest absolute Gasteiger partial charge is 0.322 e. The van der Waals surface area contributed by atoms with Crippen molar-refractivity contribution >= 4 is 11.6 Å². The molecule has 2 N–H and O–H groups in total. The van der Waals surface area contributed by atoms with Crippen LogP contribution in [0, 0.1) is 13.8 Å². The van der Waals surface area contributed by atoms with Gasteiger partial charge in [-0.15, -0.1) is 0 Å². The van der Waals surface area contributed by atoms with E-state index in [1.807, 2.05) is 38.1 Å². The van der Waals surface area contributed by atoms with E-state index < -0.39 is 0 Å². The summed E-state index contributed by atoms with van der Waals surface area (Å²) in [6.45, 7) is 5.58. The van der Waals surface area contributed by atoms with Crippen molar-refractivity contribution in [2.45, 2.75) is 26.8 Å². The lowest BCUT2D eigenvalue weighted by molar-refractivity contribution is 0.102. The molecule has 0 aliphatic carbocycles. The molecule has 1 aliphatic rings. The Bertz CT molecular complexity index is 694. The minimum Gasteiger partial charge on any atom is -0.322 e. The van der Waals surface area contributed by atoms with Gasteiger partial charge in [0.15, 0.2) is 0 Å². The lowest BCUT2D eigenvalue weighted by Gasteiger charge is -2.20. The summed E-state index contributed by atoms with van der Waals surface area (Å²) in [6, 6.07) is 9.79. The first-order valence-corrected chi connectivity index (χ1v) is 7.22. The molecule has 1 amide bonds. The lowest BCUT2D eigenvalue weighted by atomic mass is 9.99. The first-order valence-electron chi connectivity index (χ1n) is 7.22. The number of pyridine rings is 1. The second kappa shape index (κ2) is 5.66. The summed E-state index contributed by atoms with van der Waals surface area (Å²) >= 11 is 0. The lowest BCUT2D eigenvalue weighted by Crippen LogP contribution is -2.25. The van der Waals surface area contributed by atoms with Gasteiger partial charge in [0, 0.05) is 17.9 Å². The van der Waals surface area contributed by atoms with Crippen molar-refractivity contribution in [2.24, 2.45) is 0 Å². The molecule has 21 heavy (non-hydrogen) atoms. The Morgan fingerprint density at radius 1 is 1.24 bits per heavy atom. The maximum absolute atomic E-state index is 12.5. The number of hydrogen-bond acceptors (Lipinski definition) is 3. The molecule has 0 radical (unpaired) electrons. The highest BCUT2D eigenvalue weighted by atomic mass is 16.1. The normalized spacial score (nSPS) is 13.6. The molecule has 3 rings (SSSR count). The molecule has 108 valence electrons. The highest BCUT2D eigenvalue weighted by molar-refractivity contribution is 6.05. The third-order valence-electron chi connectivity index (χ3n) is 3.86. The maximum Gasteiger partial charge on any atom is 0.257 e. The molecule has 0 spiro atoms. The molecule has 0 atom stereocenters. The van der Waals surface area contributed by atoms with E-state index in [1.165, 1.54) is 11.1 Å². The van der Waals surface area contributed by atoms with Crippen molar-refractivity contribution in [1.29, 1.82) is 0 Å². The number of rotatable bonds is 2. The van der Waals surface area contributed by atoms with Crippen molar-refractivity contribution in [3.8, 4) is 0 Å². The summed E-state index contributed by atoms with van der Waals surface area (Å²) in [5.41, 5.74) is 5.70. The van der Waals surface area contributed by atoms with Gasteiger partial charge in [0.2, 0.25) is 0 Å². The number of aromatic nitrogens is 1. The smallest absolute Gasteiger partial charge is 0.257 e. The number of carbonyl (C=O) groups excluding carboxylic acids is 1. The molecular weight excluding hydrogens is 262 g/mol. The van der Waals surface area contributed by atoms with Gasteiger partial charge in [0.1, 0.15) is 0 Å². The van der Waals surface area contributed by atoms with Crippen LogP contribution in [0.2, 0.25) is 0 Å². The van der Waals surface area contributed by atoms with E-state index >= 15 is 0 Å². The van der Waals surface area contributed by atoms with Crippen molar-refractivity contribution < 1.29 is 4.79 Å². The van der Waals surface area contributed by atoms with Gasteiger partial charge < -0.3 is 10.6 Å². The number of fused-ring (bicyclic) bond motifs is 1. The number of nitrogens with zero attached hydrogens (tertiary/aromatic N) is 1. The van der Waals surface area contributed by atoms with Crippen molar-refractivity contribution in [3.05, 3.63) is 58.4 Å². The molecular formula is C17H19N3O. The Hall–Kier alpha value is -2.20. The van der Waals surface area contributed by atoms with E-state index in [9.17, 15) is 4.79 Å². The maximum atomic E-state index is 12.5. The average Bonchev–Trinajstić information content (AvgIpc) is 2.47. The fraction of sp³-hybridized carbons (Fsp3) is 0.294. The number of anilines is 1. The van der Waals surface area contributed by atoms with Gasteiger partial charge in [-0.3, -0.25) is 9.78 Å². The van der Waals surface area contributed by atoms with Crippen LogP contribution >= 0.6 is 0 Å². The first kappa shape index (κ1) is 13.8. The summed E-state index contributed by atoms with van der Waals surface area (Å²) in [4.78, 5) is 16.8. The molecule has 0 fully saturated rings. The molecule has 2 aromatic rings. The number of carbonyl (C=O) groups is 1. The first-order chi connectivity index (χ1) is 10.1. The quantitative estimate of drug-likeness (QED) is 0.889. The number of nitrogens with one attached hydrogen (secondary N) is 2. The second-order valence-electron chi connectivity index (χ2n) is 5.41. The fourth-order valence-corrected chi connectivity index (χ4v) is 2.75. The number of amides is 1. The highest BCUT2D eigenvalue weighted by Crippen LogP contribution is 2.23. The minimum atomic E-state index is -0.0982. The summed E-state index contributed by atoms with van der Waals surface area (Å²) in [5, 5.41) is 6.38. The molecule has 0 saturated carbocycles. The van der Waals surface area contributed by atoms with Crippen molar-refractivity contribution in [3.63, 3.8) is 0 Å². The zero-order chi connectivity index (χ0) is 14.8. The van der Waals surface area contributed by atoms with Gasteiger partial charge >= 0.3 is 0 Å². The van der Waals surface area contributed by atoms with E-state index in [0.29, 0.717) is 5.56 Å². The van der Waals surface area contributed by atoms with Crippen LogP contribution in [-0.4, -0.2) is 17.4 Å². The Labute approximate surface area is 124 Å². The summed E-state index contributed by atoms with van der Waals surface area (Å²) in [7, 11) is 0. The minimum absolute atomic E-state index is 0.0982. The number of aryl methyl sites for hydroxylation is 2. The molecule has 0 bridgehead atoms. The Morgan fingerprint density at radius 3 is 2.90 bits per heavy atom. The van der Waals surface area contributed by atoms with Crippen LogP contribution in [0.25, 0.3) is 0 Å². The number of hydrogen-bond donors (Lipinski definition) is 2. The van der Waals surface area contributed by atoms with Crippen molar-refractivity contribution in [2.75, 3.05) is 11.9 Å². The van der Waals surface area contributed by atoms with E-state index in [1.54, 1.807) is 0 Å². The van der Waals surface area contributed by atoms with Crippen LogP contribution in [0.1, 0.15) is 32.9 Å². The van der Waals surface area contributed by atoms with E-state index in [2.05, 4.69) is 21.7 Å². The fourth-order valence-electron chi connectivity index (χ4n) is 2.75. The van der Waals surface area contributed by atoms with Crippen LogP contribution in [0.4, 0.5) is 5.69 Å². The van der Waals surface area contributed by atoms with Crippen LogP contribution in [0.5, 0.6) is 0 Å². The zero-order valence-corrected chi connectivity index (χ0v) is 12.4. The van der Waals surface area contributed by atoms with Gasteiger partial charge in [0.05, 0.1) is 11.3 Å². The van der Waals surface area contributed by atoms with Crippen LogP contribution in [0.15, 0.2) is 30.3 Å². The van der Waals surface area contributed by atoms with E-state index in [0.717, 1.165) is 36.6 Å². The molecule has 0 unspecified atom stereocenters. The average molecular weight is 281 g/mol. The zero-order valence-electron chi connectivity index (χ0n) is 12.4. The topological polar surface area (TPSA) is 54.0 Å². The SMILES string of the molecule is Cc1ccc(C(=O)Nc2cccc3c2CNCC3)c(C)n1. The molecule has 4 nitrogen and oxygen atoms in total. The molecule has 0 saturated heterocycles. The third kappa shape index (κ3) is 2.81. The van der Waals surface area contributed by atoms with Crippen LogP contribution in [-0.2, 0) is 13.0 Å². The summed E-state index contributed by atoms with van der Waals surface area (Å²) < 4.78 is 0. The molecule has 4 heteroatoms. The molecule has 1 aliphatic heterocycles. The molecule has 2 heterocycles. The Balaban J connectivity index is 1.88. The molecule has 1 aromatic heterocycles. The van der Waals surface area contributed by atoms with Gasteiger partial charge in [-0.25, -0.2) is 0 Å². The summed E-state index contributed by atoms with van der Waals surface area (Å²) in [5.74, 6) is -0.0982. The monoisotopic (exact) mass is 281 g/mol. The van der Waals surface area contributed by atoms with Gasteiger partial charge in [-0.05, 0) is 56.1 Å². The number of benzene rings is 1. The predicted octanol–water partition coefficient (Wildman–Crippen LogP) is 2.60. The van der Waals surface area contributed by atoms with Crippen LogP contribution in [0.3, 0.4) is 0 Å². The third-order valence-corrected chi connectivity index (χ3v) is 3.86. The molecule has 1 aromatic carbocycles. The van der Waals surface area contributed by atoms with Gasteiger partial charge in [-0.2, -0.15) is 0 Å². The predicted molar refractivity (Wildman–Crippen MR) is 83.5 cm³/mol. The Morgan fingerprint density at radius 2 is 2.10 bits per heavy atom. The van der Waals surface area contributed by atoms with E-state index in [-0.39, 0.29) is 5.91 Å². The standard InChI is InChI=1S/C17H19N3O/c1-11-6-7-14(12(2)19-11)17(21)20-16-5-3-4-13-8-9-18-10-15(13)16/h3-7,18H,8-10H2,1-2H3,(H,20,21). The second-order valence-corrected chi connectivity index (χ2v) is 5.41.